The van der Waals surface area contributed by atoms with Gasteiger partial charge in [0.15, 0.2) is 5.43 Å². The molecule has 42 heavy (non-hydrogen) atoms. The molecule has 0 bridgehead atoms. The third kappa shape index (κ3) is 7.08. The maximum absolute atomic E-state index is 13.6. The van der Waals surface area contributed by atoms with Gasteiger partial charge >= 0.3 is 11.9 Å². The van der Waals surface area contributed by atoms with E-state index in [0.717, 1.165) is 0 Å². The van der Waals surface area contributed by atoms with Crippen molar-refractivity contribution in [1.29, 1.82) is 0 Å². The lowest BCUT2D eigenvalue weighted by atomic mass is 10.0. The van der Waals surface area contributed by atoms with E-state index in [1.807, 2.05) is 0 Å². The molecule has 0 saturated carbocycles. The zero-order valence-corrected chi connectivity index (χ0v) is 23.3. The van der Waals surface area contributed by atoms with Gasteiger partial charge in [0.1, 0.15) is 17.3 Å². The molecule has 1 heterocycles. The van der Waals surface area contributed by atoms with Crippen LogP contribution >= 0.6 is 0 Å². The number of aliphatic hydroxyl groups excluding tert-OH is 2. The molecule has 2 N–H and O–H groups in total. The molecule has 11 nitrogen and oxygen atoms in total. The molecule has 220 valence electrons. The number of ether oxygens (including phenoxy) is 2. The number of anilines is 1. The maximum atomic E-state index is 13.6. The second-order valence-electron chi connectivity index (χ2n) is 9.14. The van der Waals surface area contributed by atoms with Crippen LogP contribution in [-0.4, -0.2) is 65.6 Å². The number of aromatic nitrogens is 1. The van der Waals surface area contributed by atoms with Crippen molar-refractivity contribution < 1.29 is 43.3 Å². The van der Waals surface area contributed by atoms with Crippen molar-refractivity contribution in [3.8, 4) is 0 Å². The zero-order chi connectivity index (χ0) is 31.1. The Kier molecular flexibility index (Phi) is 9.98. The Morgan fingerprint density at radius 2 is 1.40 bits per heavy atom. The minimum atomic E-state index is -1.23. The Morgan fingerprint density at radius 3 is 1.90 bits per heavy atom. The SMILES string of the molecule is CCOC(=O)C(=O)/C=C(\O)c1cc2c(=O)c(/C(O)=C/C(=O)C(=O)OCC)cn(Cc3ccc(F)cc3)c2cc1N(C)C. The molecule has 0 fully saturated rings. The number of nitrogens with zero attached hydrogens (tertiary/aromatic N) is 2. The van der Waals surface area contributed by atoms with Crippen molar-refractivity contribution in [3.05, 3.63) is 87.5 Å². The minimum Gasteiger partial charge on any atom is -0.507 e. The van der Waals surface area contributed by atoms with Gasteiger partial charge in [-0.05, 0) is 43.7 Å². The molecule has 3 aromatic rings. The molecule has 3 rings (SSSR count). The van der Waals surface area contributed by atoms with Gasteiger partial charge in [-0.1, -0.05) is 12.1 Å². The summed E-state index contributed by atoms with van der Waals surface area (Å²) in [6, 6.07) is 8.36. The number of hydrogen-bond donors (Lipinski definition) is 2. The largest absolute Gasteiger partial charge is 0.507 e. The Labute approximate surface area is 239 Å². The molecule has 2 aromatic carbocycles. The summed E-state index contributed by atoms with van der Waals surface area (Å²) in [7, 11) is 3.30. The number of fused-ring (bicyclic) bond motifs is 1. The predicted octanol–water partition coefficient (Wildman–Crippen LogP) is 3.32. The summed E-state index contributed by atoms with van der Waals surface area (Å²) in [5, 5.41) is 21.5. The van der Waals surface area contributed by atoms with Gasteiger partial charge in [-0.15, -0.1) is 0 Å². The van der Waals surface area contributed by atoms with Crippen molar-refractivity contribution in [2.24, 2.45) is 0 Å². The van der Waals surface area contributed by atoms with E-state index in [-0.39, 0.29) is 36.3 Å². The second-order valence-corrected chi connectivity index (χ2v) is 9.14. The van der Waals surface area contributed by atoms with Gasteiger partial charge in [0, 0.05) is 55.6 Å². The van der Waals surface area contributed by atoms with Crippen LogP contribution in [0.4, 0.5) is 10.1 Å². The molecule has 0 spiro atoms. The summed E-state index contributed by atoms with van der Waals surface area (Å²) >= 11 is 0. The molecule has 0 radical (unpaired) electrons. The highest BCUT2D eigenvalue weighted by molar-refractivity contribution is 6.39. The van der Waals surface area contributed by atoms with Crippen LogP contribution in [0.3, 0.4) is 0 Å². The van der Waals surface area contributed by atoms with Gasteiger partial charge < -0.3 is 29.2 Å². The highest BCUT2D eigenvalue weighted by Gasteiger charge is 2.22. The lowest BCUT2D eigenvalue weighted by molar-refractivity contribution is -0.151. The fourth-order valence-electron chi connectivity index (χ4n) is 4.03. The van der Waals surface area contributed by atoms with Gasteiger partial charge in [-0.2, -0.15) is 0 Å². The van der Waals surface area contributed by atoms with Gasteiger partial charge in [-0.25, -0.2) is 14.0 Å². The molecule has 12 heteroatoms. The first-order valence-corrected chi connectivity index (χ1v) is 12.7. The van der Waals surface area contributed by atoms with Crippen LogP contribution in [0.2, 0.25) is 0 Å². The third-order valence-corrected chi connectivity index (χ3v) is 5.99. The summed E-state index contributed by atoms with van der Waals surface area (Å²) in [4.78, 5) is 63.3. The van der Waals surface area contributed by atoms with E-state index in [1.54, 1.807) is 29.6 Å². The van der Waals surface area contributed by atoms with E-state index >= 15 is 0 Å². The number of carbonyl (C=O) groups is 4. The van der Waals surface area contributed by atoms with E-state index < -0.39 is 46.3 Å². The number of benzene rings is 2. The van der Waals surface area contributed by atoms with Crippen LogP contribution < -0.4 is 10.3 Å². The van der Waals surface area contributed by atoms with Gasteiger partial charge in [0.25, 0.3) is 11.6 Å². The maximum Gasteiger partial charge on any atom is 0.379 e. The number of halogens is 1. The molecule has 0 amide bonds. The number of rotatable bonds is 11. The second kappa shape index (κ2) is 13.4. The number of carbonyl (C=O) groups excluding carboxylic acids is 4. The lowest BCUT2D eigenvalue weighted by Crippen LogP contribution is -2.19. The zero-order valence-electron chi connectivity index (χ0n) is 23.3. The highest BCUT2D eigenvalue weighted by atomic mass is 19.1. The normalized spacial score (nSPS) is 11.7. The standard InChI is InChI=1S/C30H29FN2O9/c1-5-41-29(39)26(36)13-24(34)19-11-20-23(12-22(19)32(3)4)33(15-17-7-9-18(31)10-8-17)16-21(28(20)38)25(35)14-27(37)30(40)42-6-2/h7-14,16,34-35H,5-6,15H2,1-4H3/b24-13-,25-14-. The first-order valence-electron chi connectivity index (χ1n) is 12.7. The van der Waals surface area contributed by atoms with Gasteiger partial charge in [-0.3, -0.25) is 14.4 Å². The highest BCUT2D eigenvalue weighted by Crippen LogP contribution is 2.30. The van der Waals surface area contributed by atoms with Crippen molar-refractivity contribution >= 4 is 51.6 Å². The molecular formula is C30H29FN2O9. The number of aliphatic hydroxyl groups is 2. The fraction of sp³-hybridized carbons (Fsp3) is 0.233. The van der Waals surface area contributed by atoms with E-state index in [4.69, 9.17) is 0 Å². The van der Waals surface area contributed by atoms with Crippen LogP contribution in [0.1, 0.15) is 30.5 Å². The Morgan fingerprint density at radius 1 is 0.881 bits per heavy atom. The molecule has 0 unspecified atom stereocenters. The van der Waals surface area contributed by atoms with Crippen LogP contribution in [0.5, 0.6) is 0 Å². The van der Waals surface area contributed by atoms with E-state index in [9.17, 15) is 38.6 Å². The Balaban J connectivity index is 2.32. The Hall–Kier alpha value is -5.26. The van der Waals surface area contributed by atoms with Crippen LogP contribution in [0.25, 0.3) is 22.4 Å². The summed E-state index contributed by atoms with van der Waals surface area (Å²) in [5.41, 5.74) is 0.147. The fourth-order valence-corrected chi connectivity index (χ4v) is 4.03. The van der Waals surface area contributed by atoms with E-state index in [0.29, 0.717) is 28.9 Å². The molecule has 0 aliphatic rings. The summed E-state index contributed by atoms with van der Waals surface area (Å²) in [6.45, 7) is 2.96. The smallest absolute Gasteiger partial charge is 0.379 e. The number of pyridine rings is 1. The number of hydrogen-bond acceptors (Lipinski definition) is 10. The molecular weight excluding hydrogens is 551 g/mol. The van der Waals surface area contributed by atoms with Gasteiger partial charge in [0.2, 0.25) is 0 Å². The van der Waals surface area contributed by atoms with Gasteiger partial charge in [0.05, 0.1) is 24.3 Å². The molecule has 0 saturated heterocycles. The molecule has 0 aliphatic heterocycles. The topological polar surface area (TPSA) is 152 Å². The lowest BCUT2D eigenvalue weighted by Gasteiger charge is -2.21. The summed E-state index contributed by atoms with van der Waals surface area (Å²) < 4.78 is 24.4. The van der Waals surface area contributed by atoms with Crippen molar-refractivity contribution in [2.75, 3.05) is 32.2 Å². The summed E-state index contributed by atoms with van der Waals surface area (Å²) in [6.07, 6.45) is 2.51. The first-order chi connectivity index (χ1) is 19.9. The third-order valence-electron chi connectivity index (χ3n) is 5.99. The van der Waals surface area contributed by atoms with Crippen molar-refractivity contribution in [2.45, 2.75) is 20.4 Å². The first kappa shape index (κ1) is 31.3. The molecule has 0 aliphatic carbocycles. The average Bonchev–Trinajstić information content (AvgIpc) is 2.94. The number of ketones is 2. The van der Waals surface area contributed by atoms with Crippen molar-refractivity contribution in [3.63, 3.8) is 0 Å². The van der Waals surface area contributed by atoms with Crippen LogP contribution in [0.15, 0.2) is 59.5 Å². The van der Waals surface area contributed by atoms with Crippen LogP contribution in [0, 0.1) is 5.82 Å². The number of esters is 2. The van der Waals surface area contributed by atoms with E-state index in [2.05, 4.69) is 9.47 Å². The minimum absolute atomic E-state index is 0.00111. The predicted molar refractivity (Wildman–Crippen MR) is 153 cm³/mol. The van der Waals surface area contributed by atoms with Crippen molar-refractivity contribution in [1.82, 2.24) is 4.57 Å². The quantitative estimate of drug-likeness (QED) is 0.150. The molecule has 0 atom stereocenters. The monoisotopic (exact) mass is 580 g/mol. The summed E-state index contributed by atoms with van der Waals surface area (Å²) in [5.74, 6) is -6.63. The average molecular weight is 581 g/mol. The molecule has 1 aromatic heterocycles. The van der Waals surface area contributed by atoms with Crippen LogP contribution in [-0.2, 0) is 35.2 Å². The Bertz CT molecular complexity index is 1670. The van der Waals surface area contributed by atoms with E-state index in [1.165, 1.54) is 50.4 Å².